The third-order valence-corrected chi connectivity index (χ3v) is 3.46. The molecule has 0 aromatic rings. The molecular formula is C11H21N3O2. The van der Waals surface area contributed by atoms with Crippen molar-refractivity contribution in [1.82, 2.24) is 10.6 Å². The van der Waals surface area contributed by atoms with E-state index in [0.29, 0.717) is 5.41 Å². The first kappa shape index (κ1) is 13.0. The number of hydrogen-bond donors (Lipinski definition) is 3. The number of carbonyl (C=O) groups excluding carboxylic acids is 2. The molecule has 4 N–H and O–H groups in total. The normalized spacial score (nSPS) is 17.4. The van der Waals surface area contributed by atoms with Gasteiger partial charge in [0, 0.05) is 6.54 Å². The molecule has 0 spiro atoms. The SMILES string of the molecule is CCC1(CNC(=O)CNC(=O)CN)CCC1. The van der Waals surface area contributed by atoms with Crippen LogP contribution in [0.1, 0.15) is 32.6 Å². The number of nitrogens with one attached hydrogen (secondary N) is 2. The lowest BCUT2D eigenvalue weighted by atomic mass is 9.67. The van der Waals surface area contributed by atoms with Gasteiger partial charge in [-0.2, -0.15) is 0 Å². The minimum Gasteiger partial charge on any atom is -0.354 e. The van der Waals surface area contributed by atoms with Crippen LogP contribution in [0.15, 0.2) is 0 Å². The molecule has 0 bridgehead atoms. The molecule has 0 heterocycles. The topological polar surface area (TPSA) is 84.2 Å². The third-order valence-electron chi connectivity index (χ3n) is 3.46. The third kappa shape index (κ3) is 3.48. The van der Waals surface area contributed by atoms with Gasteiger partial charge in [-0.1, -0.05) is 13.3 Å². The molecule has 92 valence electrons. The molecule has 0 aliphatic heterocycles. The Morgan fingerprint density at radius 1 is 1.25 bits per heavy atom. The lowest BCUT2D eigenvalue weighted by Crippen LogP contribution is -2.45. The summed E-state index contributed by atoms with van der Waals surface area (Å²) < 4.78 is 0. The summed E-state index contributed by atoms with van der Waals surface area (Å²) in [5.41, 5.74) is 5.42. The van der Waals surface area contributed by atoms with Crippen molar-refractivity contribution in [3.63, 3.8) is 0 Å². The van der Waals surface area contributed by atoms with Crippen LogP contribution in [0.5, 0.6) is 0 Å². The molecule has 0 atom stereocenters. The zero-order chi connectivity index (χ0) is 12.0. The van der Waals surface area contributed by atoms with Crippen LogP contribution in [-0.4, -0.2) is 31.4 Å². The molecule has 0 saturated heterocycles. The quantitative estimate of drug-likeness (QED) is 0.585. The van der Waals surface area contributed by atoms with E-state index in [-0.39, 0.29) is 24.9 Å². The summed E-state index contributed by atoms with van der Waals surface area (Å²) in [5.74, 6) is -0.439. The highest BCUT2D eigenvalue weighted by molar-refractivity contribution is 5.85. The molecule has 1 rings (SSSR count). The number of rotatable bonds is 6. The van der Waals surface area contributed by atoms with E-state index in [1.807, 2.05) is 0 Å². The first-order chi connectivity index (χ1) is 7.62. The first-order valence-corrected chi connectivity index (χ1v) is 5.85. The van der Waals surface area contributed by atoms with Crippen LogP contribution in [0.3, 0.4) is 0 Å². The minimum absolute atomic E-state index is 0.0236. The Morgan fingerprint density at radius 3 is 2.38 bits per heavy atom. The van der Waals surface area contributed by atoms with Crippen LogP contribution in [0.25, 0.3) is 0 Å². The second kappa shape index (κ2) is 5.84. The maximum Gasteiger partial charge on any atom is 0.239 e. The van der Waals surface area contributed by atoms with Crippen molar-refractivity contribution in [1.29, 1.82) is 0 Å². The van der Waals surface area contributed by atoms with Crippen LogP contribution >= 0.6 is 0 Å². The summed E-state index contributed by atoms with van der Waals surface area (Å²) in [4.78, 5) is 22.2. The van der Waals surface area contributed by atoms with Gasteiger partial charge in [0.2, 0.25) is 11.8 Å². The Morgan fingerprint density at radius 2 is 1.94 bits per heavy atom. The average Bonchev–Trinajstić information content (AvgIpc) is 2.25. The lowest BCUT2D eigenvalue weighted by Gasteiger charge is -2.41. The van der Waals surface area contributed by atoms with Crippen molar-refractivity contribution in [3.05, 3.63) is 0 Å². The maximum atomic E-state index is 11.4. The summed E-state index contributed by atoms with van der Waals surface area (Å²) >= 11 is 0. The van der Waals surface area contributed by atoms with Gasteiger partial charge in [-0.25, -0.2) is 0 Å². The maximum absolute atomic E-state index is 11.4. The van der Waals surface area contributed by atoms with Crippen LogP contribution in [0.2, 0.25) is 0 Å². The van der Waals surface area contributed by atoms with E-state index in [1.54, 1.807) is 0 Å². The van der Waals surface area contributed by atoms with Gasteiger partial charge < -0.3 is 16.4 Å². The van der Waals surface area contributed by atoms with Gasteiger partial charge >= 0.3 is 0 Å². The van der Waals surface area contributed by atoms with Crippen LogP contribution < -0.4 is 16.4 Å². The summed E-state index contributed by atoms with van der Waals surface area (Å²) in [6.45, 7) is 2.82. The van der Waals surface area contributed by atoms with Crippen molar-refractivity contribution in [3.8, 4) is 0 Å². The van der Waals surface area contributed by atoms with Crippen molar-refractivity contribution in [2.75, 3.05) is 19.6 Å². The fourth-order valence-electron chi connectivity index (χ4n) is 1.93. The first-order valence-electron chi connectivity index (χ1n) is 5.85. The monoisotopic (exact) mass is 227 g/mol. The molecule has 1 saturated carbocycles. The standard InChI is InChI=1S/C11H21N3O2/c1-2-11(4-3-5-11)8-14-10(16)7-13-9(15)6-12/h2-8,12H2,1H3,(H,13,15)(H,14,16). The number of carbonyl (C=O) groups is 2. The zero-order valence-corrected chi connectivity index (χ0v) is 9.84. The van der Waals surface area contributed by atoms with Gasteiger partial charge in [0.05, 0.1) is 13.1 Å². The highest BCUT2D eigenvalue weighted by Gasteiger charge is 2.35. The van der Waals surface area contributed by atoms with Gasteiger partial charge in [0.1, 0.15) is 0 Å². The van der Waals surface area contributed by atoms with Gasteiger partial charge in [-0.05, 0) is 24.7 Å². The fourth-order valence-corrected chi connectivity index (χ4v) is 1.93. The highest BCUT2D eigenvalue weighted by atomic mass is 16.2. The molecule has 5 nitrogen and oxygen atoms in total. The Hall–Kier alpha value is -1.10. The molecule has 1 aliphatic rings. The van der Waals surface area contributed by atoms with Gasteiger partial charge in [-0.3, -0.25) is 9.59 Å². The molecule has 5 heteroatoms. The zero-order valence-electron chi connectivity index (χ0n) is 9.84. The van der Waals surface area contributed by atoms with E-state index in [2.05, 4.69) is 17.6 Å². The molecule has 2 amide bonds. The van der Waals surface area contributed by atoms with E-state index in [0.717, 1.165) is 13.0 Å². The minimum atomic E-state index is -0.302. The Balaban J connectivity index is 2.17. The summed E-state index contributed by atoms with van der Waals surface area (Å²) in [7, 11) is 0. The second-order valence-electron chi connectivity index (χ2n) is 4.46. The van der Waals surface area contributed by atoms with Crippen LogP contribution in [-0.2, 0) is 9.59 Å². The predicted molar refractivity (Wildman–Crippen MR) is 61.6 cm³/mol. The van der Waals surface area contributed by atoms with Crippen LogP contribution in [0, 0.1) is 5.41 Å². The molecular weight excluding hydrogens is 206 g/mol. The smallest absolute Gasteiger partial charge is 0.239 e. The highest BCUT2D eigenvalue weighted by Crippen LogP contribution is 2.42. The molecule has 16 heavy (non-hydrogen) atoms. The molecule has 0 aromatic carbocycles. The fraction of sp³-hybridized carbons (Fsp3) is 0.818. The van der Waals surface area contributed by atoms with E-state index in [1.165, 1.54) is 19.3 Å². The van der Waals surface area contributed by atoms with E-state index >= 15 is 0 Å². The van der Waals surface area contributed by atoms with Crippen molar-refractivity contribution in [2.24, 2.45) is 11.1 Å². The van der Waals surface area contributed by atoms with E-state index in [9.17, 15) is 9.59 Å². The Kier molecular flexibility index (Phi) is 4.73. The van der Waals surface area contributed by atoms with Crippen molar-refractivity contribution in [2.45, 2.75) is 32.6 Å². The summed E-state index contributed by atoms with van der Waals surface area (Å²) in [6, 6.07) is 0. The largest absolute Gasteiger partial charge is 0.354 e. The molecule has 0 aromatic heterocycles. The number of hydrogen-bond acceptors (Lipinski definition) is 3. The van der Waals surface area contributed by atoms with E-state index in [4.69, 9.17) is 5.73 Å². The summed E-state index contributed by atoms with van der Waals surface area (Å²) in [6.07, 6.45) is 4.74. The molecule has 1 fully saturated rings. The van der Waals surface area contributed by atoms with Crippen molar-refractivity contribution >= 4 is 11.8 Å². The van der Waals surface area contributed by atoms with Crippen molar-refractivity contribution < 1.29 is 9.59 Å². The molecule has 1 aliphatic carbocycles. The molecule has 0 radical (unpaired) electrons. The van der Waals surface area contributed by atoms with Gasteiger partial charge in [-0.15, -0.1) is 0 Å². The van der Waals surface area contributed by atoms with Crippen LogP contribution in [0.4, 0.5) is 0 Å². The Bertz CT molecular complexity index is 256. The number of nitrogens with two attached hydrogens (primary N) is 1. The second-order valence-corrected chi connectivity index (χ2v) is 4.46. The molecule has 0 unspecified atom stereocenters. The van der Waals surface area contributed by atoms with Gasteiger partial charge in [0.15, 0.2) is 0 Å². The number of amides is 2. The summed E-state index contributed by atoms with van der Waals surface area (Å²) in [5, 5.41) is 5.31. The van der Waals surface area contributed by atoms with E-state index < -0.39 is 0 Å². The Labute approximate surface area is 96.1 Å². The predicted octanol–water partition coefficient (Wildman–Crippen LogP) is -0.242. The van der Waals surface area contributed by atoms with Gasteiger partial charge in [0.25, 0.3) is 0 Å². The lowest BCUT2D eigenvalue weighted by molar-refractivity contribution is -0.125. The average molecular weight is 227 g/mol.